The van der Waals surface area contributed by atoms with Gasteiger partial charge in [0.15, 0.2) is 0 Å². The van der Waals surface area contributed by atoms with Gasteiger partial charge in [-0.3, -0.25) is 24.0 Å². The Morgan fingerprint density at radius 1 is 0.788 bits per heavy atom. The van der Waals surface area contributed by atoms with Gasteiger partial charge in [0.05, 0.1) is 13.7 Å². The highest BCUT2D eigenvalue weighted by Gasteiger charge is 2.44. The summed E-state index contributed by atoms with van der Waals surface area (Å²) in [6.45, 7) is 14.2. The van der Waals surface area contributed by atoms with E-state index < -0.39 is 102 Å². The fourth-order valence-electron chi connectivity index (χ4n) is 5.43. The number of rotatable bonds is 15. The average molecular weight is 735 g/mol. The summed E-state index contributed by atoms with van der Waals surface area (Å²) in [6, 6.07) is 1.79. The number of nitrogens with one attached hydrogen (secondary N) is 5. The lowest BCUT2D eigenvalue weighted by Crippen LogP contribution is -2.60. The fourth-order valence-corrected chi connectivity index (χ4v) is 5.43. The SMILES string of the molecule is COC(=O)[C@@H](NC(=O)[C@@H](NC(=O)[C@@H]1CC(F)CN1C(=O)[C@H](Cc1ccccc1)NC(=O)[C@H](C)NC(=O)[C@H](C)NC(=O)OC(C)(C)C)C(C)C)C(C)C. The summed E-state index contributed by atoms with van der Waals surface area (Å²) in [6.07, 6.45) is -2.76. The molecular formula is C36H55FN6O9. The first-order valence-electron chi connectivity index (χ1n) is 17.4. The van der Waals surface area contributed by atoms with Crippen molar-refractivity contribution in [3.05, 3.63) is 35.9 Å². The van der Waals surface area contributed by atoms with Gasteiger partial charge in [0.1, 0.15) is 48.0 Å². The van der Waals surface area contributed by atoms with Crippen molar-refractivity contribution in [2.45, 2.75) is 123 Å². The molecule has 1 aromatic carbocycles. The summed E-state index contributed by atoms with van der Waals surface area (Å²) >= 11 is 0. The molecule has 52 heavy (non-hydrogen) atoms. The number of methoxy groups -OCH3 is 1. The van der Waals surface area contributed by atoms with E-state index in [1.807, 2.05) is 0 Å². The fraction of sp³-hybridized carbons (Fsp3) is 0.639. The molecule has 1 saturated heterocycles. The normalized spacial score (nSPS) is 18.7. The summed E-state index contributed by atoms with van der Waals surface area (Å²) in [4.78, 5) is 92.6. The minimum Gasteiger partial charge on any atom is -0.467 e. The molecule has 290 valence electrons. The van der Waals surface area contributed by atoms with Crippen molar-refractivity contribution in [3.63, 3.8) is 0 Å². The molecule has 5 N–H and O–H groups in total. The maximum Gasteiger partial charge on any atom is 0.408 e. The smallest absolute Gasteiger partial charge is 0.408 e. The monoisotopic (exact) mass is 734 g/mol. The highest BCUT2D eigenvalue weighted by atomic mass is 19.1. The largest absolute Gasteiger partial charge is 0.467 e. The number of hydrogen-bond acceptors (Lipinski definition) is 9. The second-order valence-electron chi connectivity index (χ2n) is 14.7. The standard InChI is InChI=1S/C36H55FN6O9/c1-19(2)27(32(47)42-28(20(3)4)34(49)51-10)41-31(46)26-17-24(37)18-43(26)33(48)25(16-23-14-12-11-13-15-23)40-30(45)21(5)38-29(44)22(6)39-35(50)52-36(7,8)9/h11-15,19-22,24-28H,16-18H2,1-10H3,(H,38,44)(H,39,50)(H,40,45)(H,41,46)(H,42,47)/t21-,22-,24?,25-,26-,27-,28-/m0/s1. The third-order valence-electron chi connectivity index (χ3n) is 8.28. The number of nitrogens with zero attached hydrogens (tertiary/aromatic N) is 1. The quantitative estimate of drug-likeness (QED) is 0.166. The van der Waals surface area contributed by atoms with Crippen LogP contribution in [0.25, 0.3) is 0 Å². The minimum atomic E-state index is -1.57. The number of halogens is 1. The highest BCUT2D eigenvalue weighted by Crippen LogP contribution is 2.23. The Morgan fingerprint density at radius 2 is 1.35 bits per heavy atom. The van der Waals surface area contributed by atoms with Gasteiger partial charge in [-0.1, -0.05) is 58.0 Å². The van der Waals surface area contributed by atoms with E-state index in [1.54, 1.807) is 78.8 Å². The van der Waals surface area contributed by atoms with E-state index in [-0.39, 0.29) is 18.8 Å². The van der Waals surface area contributed by atoms with E-state index in [0.29, 0.717) is 5.56 Å². The van der Waals surface area contributed by atoms with Gasteiger partial charge >= 0.3 is 12.1 Å². The lowest BCUT2D eigenvalue weighted by atomic mass is 9.99. The first-order chi connectivity index (χ1) is 24.1. The van der Waals surface area contributed by atoms with Gasteiger partial charge in [0.25, 0.3) is 0 Å². The van der Waals surface area contributed by atoms with Crippen LogP contribution in [-0.2, 0) is 44.7 Å². The van der Waals surface area contributed by atoms with Crippen molar-refractivity contribution in [2.24, 2.45) is 11.8 Å². The van der Waals surface area contributed by atoms with Crippen LogP contribution >= 0.6 is 0 Å². The molecule has 1 aliphatic heterocycles. The van der Waals surface area contributed by atoms with Crippen molar-refractivity contribution in [3.8, 4) is 0 Å². The van der Waals surface area contributed by atoms with E-state index in [1.165, 1.54) is 21.0 Å². The topological polar surface area (TPSA) is 201 Å². The Bertz CT molecular complexity index is 1430. The van der Waals surface area contributed by atoms with Crippen molar-refractivity contribution in [1.82, 2.24) is 31.5 Å². The third-order valence-corrected chi connectivity index (χ3v) is 8.28. The number of carbonyl (C=O) groups is 7. The molecule has 1 heterocycles. The van der Waals surface area contributed by atoms with Crippen LogP contribution in [0.5, 0.6) is 0 Å². The van der Waals surface area contributed by atoms with E-state index in [9.17, 15) is 38.0 Å². The molecule has 1 aliphatic rings. The van der Waals surface area contributed by atoms with Crippen molar-refractivity contribution in [2.75, 3.05) is 13.7 Å². The van der Waals surface area contributed by atoms with E-state index in [0.717, 1.165) is 4.90 Å². The first kappa shape index (κ1) is 43.4. The van der Waals surface area contributed by atoms with Crippen LogP contribution in [-0.4, -0.2) is 108 Å². The molecule has 0 radical (unpaired) electrons. The number of carbonyl (C=O) groups excluding carboxylic acids is 7. The average Bonchev–Trinajstić information content (AvgIpc) is 3.45. The number of alkyl carbamates (subject to hydrolysis) is 1. The molecule has 0 aliphatic carbocycles. The van der Waals surface area contributed by atoms with Crippen LogP contribution in [0.3, 0.4) is 0 Å². The van der Waals surface area contributed by atoms with E-state index >= 15 is 0 Å². The third kappa shape index (κ3) is 13.1. The van der Waals surface area contributed by atoms with Crippen LogP contribution in [0.2, 0.25) is 0 Å². The number of esters is 1. The summed E-state index contributed by atoms with van der Waals surface area (Å²) < 4.78 is 25.0. The molecule has 0 bridgehead atoms. The van der Waals surface area contributed by atoms with Gasteiger partial charge in [-0.25, -0.2) is 14.0 Å². The van der Waals surface area contributed by atoms with Crippen molar-refractivity contribution >= 4 is 41.6 Å². The lowest BCUT2D eigenvalue weighted by Gasteiger charge is -2.31. The predicted molar refractivity (Wildman–Crippen MR) is 189 cm³/mol. The molecule has 1 fully saturated rings. The van der Waals surface area contributed by atoms with Gasteiger partial charge in [-0.05, 0) is 52.0 Å². The molecule has 0 spiro atoms. The minimum absolute atomic E-state index is 0.0222. The van der Waals surface area contributed by atoms with E-state index in [2.05, 4.69) is 26.6 Å². The number of benzene rings is 1. The maximum absolute atomic E-state index is 15.0. The molecule has 0 aromatic heterocycles. The molecule has 16 heteroatoms. The number of likely N-dealkylation sites (tertiary alicyclic amines) is 1. The first-order valence-corrected chi connectivity index (χ1v) is 17.4. The molecule has 2 rings (SSSR count). The Kier molecular flexibility index (Phi) is 16.0. The second-order valence-corrected chi connectivity index (χ2v) is 14.7. The van der Waals surface area contributed by atoms with E-state index in [4.69, 9.17) is 9.47 Å². The second kappa shape index (κ2) is 19.2. The van der Waals surface area contributed by atoms with Crippen molar-refractivity contribution in [1.29, 1.82) is 0 Å². The number of amides is 6. The Hall–Kier alpha value is -4.76. The Balaban J connectivity index is 2.26. The summed E-state index contributed by atoms with van der Waals surface area (Å²) in [5, 5.41) is 12.8. The highest BCUT2D eigenvalue weighted by molar-refractivity contribution is 5.97. The summed E-state index contributed by atoms with van der Waals surface area (Å²) in [5.41, 5.74) is -0.134. The Morgan fingerprint density at radius 3 is 1.88 bits per heavy atom. The Labute approximate surface area is 304 Å². The van der Waals surface area contributed by atoms with Gasteiger partial charge in [-0.15, -0.1) is 0 Å². The van der Waals surface area contributed by atoms with Crippen LogP contribution in [0.1, 0.15) is 74.3 Å². The molecule has 15 nitrogen and oxygen atoms in total. The zero-order chi connectivity index (χ0) is 39.5. The van der Waals surface area contributed by atoms with Crippen LogP contribution in [0.15, 0.2) is 30.3 Å². The molecule has 7 atom stereocenters. The molecule has 0 saturated carbocycles. The van der Waals surface area contributed by atoms with Gasteiger partial charge in [0, 0.05) is 12.8 Å². The molecule has 1 aromatic rings. The summed E-state index contributed by atoms with van der Waals surface area (Å²) in [7, 11) is 1.20. The van der Waals surface area contributed by atoms with Crippen LogP contribution < -0.4 is 26.6 Å². The predicted octanol–water partition coefficient (Wildman–Crippen LogP) is 1.53. The lowest BCUT2D eigenvalue weighted by molar-refractivity contribution is -0.147. The van der Waals surface area contributed by atoms with Crippen LogP contribution in [0.4, 0.5) is 9.18 Å². The summed E-state index contributed by atoms with van der Waals surface area (Å²) in [5.74, 6) is -5.04. The van der Waals surface area contributed by atoms with Crippen LogP contribution in [0, 0.1) is 11.8 Å². The zero-order valence-corrected chi connectivity index (χ0v) is 31.7. The van der Waals surface area contributed by atoms with Gasteiger partial charge in [0.2, 0.25) is 29.5 Å². The molecular weight excluding hydrogens is 679 g/mol. The number of hydrogen-bond donors (Lipinski definition) is 5. The van der Waals surface area contributed by atoms with Gasteiger partial charge in [-0.2, -0.15) is 0 Å². The van der Waals surface area contributed by atoms with Crippen molar-refractivity contribution < 1.29 is 47.4 Å². The van der Waals surface area contributed by atoms with Gasteiger partial charge < -0.3 is 41.0 Å². The number of ether oxygens (including phenoxy) is 2. The molecule has 6 amide bonds. The zero-order valence-electron chi connectivity index (χ0n) is 31.7. The molecule has 1 unspecified atom stereocenters. The number of alkyl halides is 1. The maximum atomic E-state index is 15.0.